The van der Waals surface area contributed by atoms with Gasteiger partial charge in [-0.2, -0.15) is 0 Å². The van der Waals surface area contributed by atoms with Gasteiger partial charge in [0.1, 0.15) is 37.9 Å². The van der Waals surface area contributed by atoms with Crippen LogP contribution in [0.3, 0.4) is 0 Å². The summed E-state index contributed by atoms with van der Waals surface area (Å²) in [5.74, 6) is 3.15. The summed E-state index contributed by atoms with van der Waals surface area (Å²) in [7, 11) is 0. The molecule has 0 bridgehead atoms. The molecule has 2 aromatic rings. The number of hydrogen-bond acceptors (Lipinski definition) is 4. The Bertz CT molecular complexity index is 609. The molecular formula is C17H18O4. The first-order valence-corrected chi connectivity index (χ1v) is 7.04. The van der Waals surface area contributed by atoms with Crippen molar-refractivity contribution in [2.75, 3.05) is 26.4 Å². The van der Waals surface area contributed by atoms with E-state index in [1.54, 1.807) is 0 Å². The van der Waals surface area contributed by atoms with Gasteiger partial charge in [-0.15, -0.1) is 0 Å². The van der Waals surface area contributed by atoms with Crippen LogP contribution in [-0.2, 0) is 0 Å². The Balaban J connectivity index is 1.50. The monoisotopic (exact) mass is 286 g/mol. The molecule has 0 spiro atoms. The minimum atomic E-state index is 0.480. The first-order chi connectivity index (χ1) is 10.3. The molecule has 0 aliphatic carbocycles. The van der Waals surface area contributed by atoms with Gasteiger partial charge in [-0.25, -0.2) is 0 Å². The highest BCUT2D eigenvalue weighted by Gasteiger charge is 2.12. The van der Waals surface area contributed by atoms with E-state index in [1.807, 2.05) is 49.4 Å². The fourth-order valence-electron chi connectivity index (χ4n) is 2.14. The molecule has 21 heavy (non-hydrogen) atoms. The molecular weight excluding hydrogens is 268 g/mol. The van der Waals surface area contributed by atoms with Crippen molar-refractivity contribution in [3.8, 4) is 23.0 Å². The van der Waals surface area contributed by atoms with Gasteiger partial charge in [0.2, 0.25) is 0 Å². The van der Waals surface area contributed by atoms with Gasteiger partial charge in [0.25, 0.3) is 0 Å². The van der Waals surface area contributed by atoms with Crippen molar-refractivity contribution < 1.29 is 18.9 Å². The first-order valence-electron chi connectivity index (χ1n) is 7.04. The molecule has 0 saturated carbocycles. The van der Waals surface area contributed by atoms with Crippen LogP contribution in [-0.4, -0.2) is 26.4 Å². The summed E-state index contributed by atoms with van der Waals surface area (Å²) in [5, 5.41) is 0. The molecule has 0 fully saturated rings. The molecule has 2 aromatic carbocycles. The van der Waals surface area contributed by atoms with Gasteiger partial charge in [-0.05, 0) is 30.7 Å². The maximum absolute atomic E-state index is 5.69. The fraction of sp³-hybridized carbons (Fsp3) is 0.294. The van der Waals surface area contributed by atoms with Crippen molar-refractivity contribution in [1.82, 2.24) is 0 Å². The maximum atomic E-state index is 5.69. The number of hydrogen-bond donors (Lipinski definition) is 0. The Morgan fingerprint density at radius 3 is 2.52 bits per heavy atom. The maximum Gasteiger partial charge on any atom is 0.165 e. The van der Waals surface area contributed by atoms with E-state index in [1.165, 1.54) is 0 Å². The molecule has 0 amide bonds. The van der Waals surface area contributed by atoms with Gasteiger partial charge in [-0.1, -0.05) is 18.2 Å². The van der Waals surface area contributed by atoms with Crippen molar-refractivity contribution in [2.24, 2.45) is 0 Å². The summed E-state index contributed by atoms with van der Waals surface area (Å²) >= 11 is 0. The number of aryl methyl sites for hydroxylation is 1. The minimum Gasteiger partial charge on any atom is -0.490 e. The van der Waals surface area contributed by atoms with Crippen LogP contribution in [0.5, 0.6) is 23.0 Å². The van der Waals surface area contributed by atoms with Gasteiger partial charge < -0.3 is 18.9 Å². The Hall–Kier alpha value is -2.36. The van der Waals surface area contributed by atoms with Gasteiger partial charge in [-0.3, -0.25) is 0 Å². The van der Waals surface area contributed by atoms with Crippen LogP contribution in [0.1, 0.15) is 5.56 Å². The predicted molar refractivity (Wildman–Crippen MR) is 79.6 cm³/mol. The van der Waals surface area contributed by atoms with Crippen LogP contribution in [0.15, 0.2) is 42.5 Å². The molecule has 0 N–H and O–H groups in total. The lowest BCUT2D eigenvalue weighted by Gasteiger charge is -2.19. The molecule has 110 valence electrons. The van der Waals surface area contributed by atoms with E-state index in [9.17, 15) is 0 Å². The summed E-state index contributed by atoms with van der Waals surface area (Å²) in [5.41, 5.74) is 1.12. The minimum absolute atomic E-state index is 0.480. The molecule has 4 nitrogen and oxygen atoms in total. The molecule has 0 saturated heterocycles. The average Bonchev–Trinajstić information content (AvgIpc) is 2.53. The molecule has 0 unspecified atom stereocenters. The number of para-hydroxylation sites is 1. The summed E-state index contributed by atoms with van der Waals surface area (Å²) in [6, 6.07) is 13.5. The van der Waals surface area contributed by atoms with Crippen LogP contribution in [0.4, 0.5) is 0 Å². The Morgan fingerprint density at radius 2 is 1.67 bits per heavy atom. The topological polar surface area (TPSA) is 36.9 Å². The second kappa shape index (κ2) is 6.39. The fourth-order valence-corrected chi connectivity index (χ4v) is 2.14. The molecule has 0 aromatic heterocycles. The van der Waals surface area contributed by atoms with E-state index in [-0.39, 0.29) is 0 Å². The van der Waals surface area contributed by atoms with Crippen molar-refractivity contribution in [2.45, 2.75) is 6.92 Å². The third-order valence-corrected chi connectivity index (χ3v) is 3.22. The highest BCUT2D eigenvalue weighted by Crippen LogP contribution is 2.33. The van der Waals surface area contributed by atoms with E-state index < -0.39 is 0 Å². The lowest BCUT2D eigenvalue weighted by atomic mass is 10.2. The van der Waals surface area contributed by atoms with E-state index >= 15 is 0 Å². The number of rotatable bonds is 5. The van der Waals surface area contributed by atoms with Crippen molar-refractivity contribution in [3.05, 3.63) is 48.0 Å². The van der Waals surface area contributed by atoms with Gasteiger partial charge in [0.15, 0.2) is 11.5 Å². The predicted octanol–water partition coefficient (Wildman–Crippen LogP) is 3.22. The largest absolute Gasteiger partial charge is 0.490 e. The molecule has 3 rings (SSSR count). The second-order valence-corrected chi connectivity index (χ2v) is 4.77. The molecule has 0 radical (unpaired) electrons. The smallest absolute Gasteiger partial charge is 0.165 e. The molecule has 4 heteroatoms. The highest BCUT2D eigenvalue weighted by molar-refractivity contribution is 5.46. The zero-order chi connectivity index (χ0) is 14.5. The lowest BCUT2D eigenvalue weighted by Crippen LogP contribution is -2.15. The standard InChI is InChI=1S/C17H18O4/c1-13-4-2-3-5-15(13)19-9-8-18-14-6-7-16-17(12-14)21-11-10-20-16/h2-7,12H,8-11H2,1H3. The van der Waals surface area contributed by atoms with E-state index in [0.29, 0.717) is 26.4 Å². The van der Waals surface area contributed by atoms with Crippen LogP contribution in [0.25, 0.3) is 0 Å². The van der Waals surface area contributed by atoms with Crippen LogP contribution in [0, 0.1) is 6.92 Å². The Morgan fingerprint density at radius 1 is 0.905 bits per heavy atom. The Labute approximate surface area is 124 Å². The number of fused-ring (bicyclic) bond motifs is 1. The lowest BCUT2D eigenvalue weighted by molar-refractivity contribution is 0.169. The van der Waals surface area contributed by atoms with Crippen molar-refractivity contribution in [3.63, 3.8) is 0 Å². The molecule has 0 atom stereocenters. The summed E-state index contributed by atoms with van der Waals surface area (Å²) in [4.78, 5) is 0. The van der Waals surface area contributed by atoms with E-state index in [0.717, 1.165) is 28.6 Å². The first kappa shape index (κ1) is 13.6. The number of ether oxygens (including phenoxy) is 4. The summed E-state index contributed by atoms with van der Waals surface area (Å²) in [6.45, 7) is 4.18. The molecule has 1 heterocycles. The van der Waals surface area contributed by atoms with Gasteiger partial charge >= 0.3 is 0 Å². The quantitative estimate of drug-likeness (QED) is 0.791. The van der Waals surface area contributed by atoms with Crippen LogP contribution in [0.2, 0.25) is 0 Å². The van der Waals surface area contributed by atoms with Gasteiger partial charge in [0.05, 0.1) is 0 Å². The Kier molecular flexibility index (Phi) is 4.15. The summed E-state index contributed by atoms with van der Waals surface area (Å²) in [6.07, 6.45) is 0. The summed E-state index contributed by atoms with van der Waals surface area (Å²) < 4.78 is 22.4. The van der Waals surface area contributed by atoms with E-state index in [4.69, 9.17) is 18.9 Å². The number of benzene rings is 2. The third kappa shape index (κ3) is 3.40. The molecule has 1 aliphatic rings. The zero-order valence-corrected chi connectivity index (χ0v) is 12.0. The van der Waals surface area contributed by atoms with Gasteiger partial charge in [0, 0.05) is 6.07 Å². The van der Waals surface area contributed by atoms with Crippen LogP contribution < -0.4 is 18.9 Å². The zero-order valence-electron chi connectivity index (χ0n) is 12.0. The average molecular weight is 286 g/mol. The SMILES string of the molecule is Cc1ccccc1OCCOc1ccc2c(c1)OCCO2. The van der Waals surface area contributed by atoms with Crippen LogP contribution >= 0.6 is 0 Å². The highest BCUT2D eigenvalue weighted by atomic mass is 16.6. The molecule has 1 aliphatic heterocycles. The normalized spacial score (nSPS) is 12.8. The van der Waals surface area contributed by atoms with E-state index in [2.05, 4.69) is 0 Å². The van der Waals surface area contributed by atoms with Crippen molar-refractivity contribution >= 4 is 0 Å². The second-order valence-electron chi connectivity index (χ2n) is 4.77. The van der Waals surface area contributed by atoms with Crippen molar-refractivity contribution in [1.29, 1.82) is 0 Å². The third-order valence-electron chi connectivity index (χ3n) is 3.22.